The van der Waals surface area contributed by atoms with Gasteiger partial charge in [0.15, 0.2) is 0 Å². The van der Waals surface area contributed by atoms with Crippen LogP contribution in [-0.4, -0.2) is 54.7 Å². The van der Waals surface area contributed by atoms with Crippen LogP contribution in [0, 0.1) is 0 Å². The third kappa shape index (κ3) is 3.11. The number of sulfonamides is 1. The zero-order valence-electron chi connectivity index (χ0n) is 11.1. The van der Waals surface area contributed by atoms with E-state index < -0.39 is 10.0 Å². The van der Waals surface area contributed by atoms with E-state index in [0.717, 1.165) is 0 Å². The number of carbonyl (C=O) groups is 1. The highest BCUT2D eigenvalue weighted by atomic mass is 35.5. The van der Waals surface area contributed by atoms with E-state index in [4.69, 9.17) is 11.6 Å². The van der Waals surface area contributed by atoms with Gasteiger partial charge in [-0.2, -0.15) is 4.31 Å². The Morgan fingerprint density at radius 1 is 1.30 bits per heavy atom. The zero-order chi connectivity index (χ0) is 14.8. The number of amides is 1. The van der Waals surface area contributed by atoms with Gasteiger partial charge in [0.25, 0.3) is 0 Å². The summed E-state index contributed by atoms with van der Waals surface area (Å²) < 4.78 is 26.4. The molecule has 1 amide bonds. The highest BCUT2D eigenvalue weighted by Crippen LogP contribution is 2.24. The van der Waals surface area contributed by atoms with Crippen LogP contribution in [-0.2, 0) is 14.8 Å². The molecule has 1 aliphatic heterocycles. The van der Waals surface area contributed by atoms with Gasteiger partial charge < -0.3 is 4.90 Å². The molecule has 1 fully saturated rings. The molecule has 1 aromatic heterocycles. The summed E-state index contributed by atoms with van der Waals surface area (Å²) in [6, 6.07) is 1.45. The largest absolute Gasteiger partial charge is 0.342 e. The van der Waals surface area contributed by atoms with Crippen LogP contribution in [0.3, 0.4) is 0 Å². The average Bonchev–Trinajstić information content (AvgIpc) is 2.65. The molecule has 0 atom stereocenters. The number of aromatic nitrogens is 1. The van der Waals surface area contributed by atoms with Gasteiger partial charge >= 0.3 is 0 Å². The number of pyridine rings is 1. The summed E-state index contributed by atoms with van der Waals surface area (Å²) in [7, 11) is -3.66. The first kappa shape index (κ1) is 15.2. The van der Waals surface area contributed by atoms with Gasteiger partial charge in [0.05, 0.1) is 5.02 Å². The second-order valence-electron chi connectivity index (χ2n) is 4.57. The molecule has 1 aromatic rings. The van der Waals surface area contributed by atoms with Crippen molar-refractivity contribution in [2.24, 2.45) is 0 Å². The quantitative estimate of drug-likeness (QED) is 0.815. The average molecular weight is 318 g/mol. The Kier molecular flexibility index (Phi) is 4.62. The van der Waals surface area contributed by atoms with Crippen molar-refractivity contribution in [3.05, 3.63) is 23.5 Å². The van der Waals surface area contributed by atoms with E-state index in [-0.39, 0.29) is 22.4 Å². The third-order valence-corrected chi connectivity index (χ3v) is 5.62. The van der Waals surface area contributed by atoms with Crippen LogP contribution < -0.4 is 0 Å². The zero-order valence-corrected chi connectivity index (χ0v) is 12.7. The number of rotatable bonds is 2. The number of carbonyl (C=O) groups excluding carboxylic acids is 1. The minimum atomic E-state index is -3.66. The summed E-state index contributed by atoms with van der Waals surface area (Å²) in [5, 5.41) is 0.160. The lowest BCUT2D eigenvalue weighted by molar-refractivity contribution is -0.128. The number of halogens is 1. The fourth-order valence-corrected chi connectivity index (χ4v) is 4.02. The van der Waals surface area contributed by atoms with Crippen LogP contribution in [0.2, 0.25) is 5.02 Å². The first-order chi connectivity index (χ1) is 9.43. The molecule has 0 bridgehead atoms. The monoisotopic (exact) mass is 317 g/mol. The van der Waals surface area contributed by atoms with Crippen molar-refractivity contribution in [3.8, 4) is 0 Å². The maximum absolute atomic E-state index is 12.5. The van der Waals surface area contributed by atoms with Crippen molar-refractivity contribution in [1.82, 2.24) is 14.2 Å². The molecule has 0 N–H and O–H groups in total. The molecule has 8 heteroatoms. The van der Waals surface area contributed by atoms with E-state index in [9.17, 15) is 13.2 Å². The molecule has 110 valence electrons. The molecule has 6 nitrogen and oxygen atoms in total. The Bertz CT molecular complexity index is 606. The van der Waals surface area contributed by atoms with Gasteiger partial charge in [-0.1, -0.05) is 11.6 Å². The van der Waals surface area contributed by atoms with E-state index in [0.29, 0.717) is 26.1 Å². The van der Waals surface area contributed by atoms with Crippen LogP contribution in [0.4, 0.5) is 0 Å². The summed E-state index contributed by atoms with van der Waals surface area (Å²) in [5.41, 5.74) is 0. The molecule has 0 aliphatic carbocycles. The molecule has 0 saturated carbocycles. The maximum Gasteiger partial charge on any atom is 0.246 e. The standard InChI is InChI=1S/C12H16ClN3O3S/c1-10(17)15-5-2-6-16(8-7-15)20(18,19)12-9-14-4-3-11(12)13/h3-4,9H,2,5-8H2,1H3. The van der Waals surface area contributed by atoms with E-state index in [1.807, 2.05) is 0 Å². The topological polar surface area (TPSA) is 70.6 Å². The Labute approximate surface area is 123 Å². The lowest BCUT2D eigenvalue weighted by Gasteiger charge is -2.21. The fourth-order valence-electron chi connectivity index (χ4n) is 2.14. The Balaban J connectivity index is 2.23. The summed E-state index contributed by atoms with van der Waals surface area (Å²) in [6.07, 6.45) is 3.31. The van der Waals surface area contributed by atoms with Crippen molar-refractivity contribution in [2.45, 2.75) is 18.2 Å². The molecule has 0 aromatic carbocycles. The Morgan fingerprint density at radius 2 is 2.05 bits per heavy atom. The van der Waals surface area contributed by atoms with Gasteiger partial charge in [0.2, 0.25) is 15.9 Å². The smallest absolute Gasteiger partial charge is 0.246 e. The van der Waals surface area contributed by atoms with Gasteiger partial charge in [-0.3, -0.25) is 9.78 Å². The molecule has 1 saturated heterocycles. The van der Waals surface area contributed by atoms with Crippen molar-refractivity contribution in [1.29, 1.82) is 0 Å². The van der Waals surface area contributed by atoms with Gasteiger partial charge in [-0.15, -0.1) is 0 Å². The molecular formula is C12H16ClN3O3S. The maximum atomic E-state index is 12.5. The number of hydrogen-bond acceptors (Lipinski definition) is 4. The number of hydrogen-bond donors (Lipinski definition) is 0. The van der Waals surface area contributed by atoms with Gasteiger partial charge in [-0.25, -0.2) is 8.42 Å². The second kappa shape index (κ2) is 6.07. The highest BCUT2D eigenvalue weighted by molar-refractivity contribution is 7.89. The fraction of sp³-hybridized carbons (Fsp3) is 0.500. The molecule has 0 spiro atoms. The van der Waals surface area contributed by atoms with Gasteiger partial charge in [-0.05, 0) is 12.5 Å². The van der Waals surface area contributed by atoms with E-state index in [1.165, 1.54) is 29.7 Å². The molecule has 2 rings (SSSR count). The summed E-state index contributed by atoms with van der Waals surface area (Å²) >= 11 is 5.94. The summed E-state index contributed by atoms with van der Waals surface area (Å²) in [6.45, 7) is 3.10. The Morgan fingerprint density at radius 3 is 2.70 bits per heavy atom. The van der Waals surface area contributed by atoms with E-state index in [2.05, 4.69) is 4.98 Å². The minimum Gasteiger partial charge on any atom is -0.342 e. The lowest BCUT2D eigenvalue weighted by atomic mass is 10.4. The summed E-state index contributed by atoms with van der Waals surface area (Å²) in [5.74, 6) is -0.0383. The molecule has 1 aliphatic rings. The lowest BCUT2D eigenvalue weighted by Crippen LogP contribution is -2.36. The first-order valence-electron chi connectivity index (χ1n) is 6.28. The Hall–Kier alpha value is -1.18. The van der Waals surface area contributed by atoms with Crippen LogP contribution in [0.15, 0.2) is 23.4 Å². The van der Waals surface area contributed by atoms with Crippen LogP contribution >= 0.6 is 11.6 Å². The van der Waals surface area contributed by atoms with Gasteiger partial charge in [0.1, 0.15) is 4.90 Å². The first-order valence-corrected chi connectivity index (χ1v) is 8.10. The second-order valence-corrected chi connectivity index (χ2v) is 6.88. The predicted molar refractivity (Wildman–Crippen MR) is 74.9 cm³/mol. The van der Waals surface area contributed by atoms with E-state index >= 15 is 0 Å². The molecule has 0 unspecified atom stereocenters. The van der Waals surface area contributed by atoms with Crippen LogP contribution in [0.25, 0.3) is 0 Å². The number of nitrogens with zero attached hydrogens (tertiary/aromatic N) is 3. The SMILES string of the molecule is CC(=O)N1CCCN(S(=O)(=O)c2cnccc2Cl)CC1. The predicted octanol–water partition coefficient (Wildman–Crippen LogP) is 0.978. The molecule has 2 heterocycles. The van der Waals surface area contributed by atoms with Crippen molar-refractivity contribution < 1.29 is 13.2 Å². The third-order valence-electron chi connectivity index (χ3n) is 3.25. The summed E-state index contributed by atoms with van der Waals surface area (Å²) in [4.78, 5) is 16.8. The highest BCUT2D eigenvalue weighted by Gasteiger charge is 2.29. The molecular weight excluding hydrogens is 302 g/mol. The normalized spacial score (nSPS) is 17.8. The molecule has 0 radical (unpaired) electrons. The van der Waals surface area contributed by atoms with Crippen LogP contribution in [0.5, 0.6) is 0 Å². The molecule has 20 heavy (non-hydrogen) atoms. The van der Waals surface area contributed by atoms with E-state index in [1.54, 1.807) is 4.90 Å². The van der Waals surface area contributed by atoms with Crippen molar-refractivity contribution in [3.63, 3.8) is 0 Å². The van der Waals surface area contributed by atoms with Crippen LogP contribution in [0.1, 0.15) is 13.3 Å². The van der Waals surface area contributed by atoms with Crippen molar-refractivity contribution in [2.75, 3.05) is 26.2 Å². The van der Waals surface area contributed by atoms with Crippen molar-refractivity contribution >= 4 is 27.5 Å². The van der Waals surface area contributed by atoms with Gasteiger partial charge in [0, 0.05) is 45.5 Å². The minimum absolute atomic E-state index is 0.0120.